The van der Waals surface area contributed by atoms with Gasteiger partial charge in [0.25, 0.3) is 0 Å². The van der Waals surface area contributed by atoms with Crippen LogP contribution in [0.25, 0.3) is 12.2 Å². The first kappa shape index (κ1) is 10.8. The van der Waals surface area contributed by atoms with Crippen LogP contribution in [0.1, 0.15) is 51.0 Å². The van der Waals surface area contributed by atoms with Crippen molar-refractivity contribution in [1.29, 1.82) is 0 Å². The van der Waals surface area contributed by atoms with Crippen molar-refractivity contribution in [3.8, 4) is 0 Å². The van der Waals surface area contributed by atoms with E-state index in [9.17, 15) is 0 Å². The predicted molar refractivity (Wildman–Crippen MR) is 60.0 cm³/mol. The van der Waals surface area contributed by atoms with Crippen molar-refractivity contribution >= 4 is 12.2 Å². The van der Waals surface area contributed by atoms with E-state index in [1.165, 1.54) is 0 Å². The van der Waals surface area contributed by atoms with Gasteiger partial charge in [-0.25, -0.2) is 4.98 Å². The lowest BCUT2D eigenvalue weighted by Gasteiger charge is -1.94. The highest BCUT2D eigenvalue weighted by atomic mass is 16.4. The van der Waals surface area contributed by atoms with Crippen molar-refractivity contribution in [2.24, 2.45) is 0 Å². The summed E-state index contributed by atoms with van der Waals surface area (Å²) >= 11 is 0. The molecule has 0 saturated carbocycles. The van der Waals surface area contributed by atoms with Crippen molar-refractivity contribution in [3.05, 3.63) is 29.5 Å². The lowest BCUT2D eigenvalue weighted by atomic mass is 10.2. The van der Waals surface area contributed by atoms with E-state index in [2.05, 4.69) is 18.8 Å². The van der Waals surface area contributed by atoms with E-state index in [1.807, 2.05) is 38.2 Å². The molecule has 0 saturated heterocycles. The van der Waals surface area contributed by atoms with E-state index < -0.39 is 0 Å². The molecule has 0 aliphatic heterocycles. The molecule has 0 N–H and O–H groups in total. The summed E-state index contributed by atoms with van der Waals surface area (Å²) in [6.45, 7) is 8.09. The van der Waals surface area contributed by atoms with E-state index in [0.29, 0.717) is 5.92 Å². The number of allylic oxidation sites excluding steroid dienone is 2. The molecule has 0 fully saturated rings. The summed E-state index contributed by atoms with van der Waals surface area (Å²) in [6, 6.07) is 0. The molecule has 0 atom stereocenters. The smallest absolute Gasteiger partial charge is 0.198 e. The molecule has 0 aromatic carbocycles. The summed E-state index contributed by atoms with van der Waals surface area (Å²) in [6.07, 6.45) is 7.82. The molecular formula is C12H17NO. The van der Waals surface area contributed by atoms with Crippen LogP contribution in [0.2, 0.25) is 0 Å². The van der Waals surface area contributed by atoms with Crippen molar-refractivity contribution in [1.82, 2.24) is 4.98 Å². The summed E-state index contributed by atoms with van der Waals surface area (Å²) in [4.78, 5) is 4.41. The van der Waals surface area contributed by atoms with Crippen molar-refractivity contribution in [2.75, 3.05) is 0 Å². The maximum absolute atomic E-state index is 5.62. The lowest BCUT2D eigenvalue weighted by molar-refractivity contribution is 0.464. The molecule has 14 heavy (non-hydrogen) atoms. The van der Waals surface area contributed by atoms with Gasteiger partial charge < -0.3 is 4.42 Å². The van der Waals surface area contributed by atoms with E-state index in [0.717, 1.165) is 17.3 Å². The Morgan fingerprint density at radius 3 is 2.29 bits per heavy atom. The molecule has 0 unspecified atom stereocenters. The zero-order valence-electron chi connectivity index (χ0n) is 9.24. The third-order valence-corrected chi connectivity index (χ3v) is 1.83. The SMILES string of the molecule is C/C=C\c1nc(C(C)C)oc1/C=C\C. The lowest BCUT2D eigenvalue weighted by Crippen LogP contribution is -1.85. The van der Waals surface area contributed by atoms with E-state index >= 15 is 0 Å². The zero-order valence-corrected chi connectivity index (χ0v) is 9.24. The molecule has 1 heterocycles. The number of hydrogen-bond acceptors (Lipinski definition) is 2. The minimum Gasteiger partial charge on any atom is -0.440 e. The zero-order chi connectivity index (χ0) is 10.6. The molecule has 0 amide bonds. The molecule has 0 radical (unpaired) electrons. The highest BCUT2D eigenvalue weighted by molar-refractivity contribution is 5.58. The van der Waals surface area contributed by atoms with Gasteiger partial charge in [-0.15, -0.1) is 0 Å². The van der Waals surface area contributed by atoms with Gasteiger partial charge in [-0.3, -0.25) is 0 Å². The molecule has 1 rings (SSSR count). The van der Waals surface area contributed by atoms with Gasteiger partial charge in [0.05, 0.1) is 0 Å². The molecule has 0 aliphatic rings. The fourth-order valence-corrected chi connectivity index (χ4v) is 1.16. The topological polar surface area (TPSA) is 26.0 Å². The molecule has 76 valence electrons. The second kappa shape index (κ2) is 4.80. The first-order valence-corrected chi connectivity index (χ1v) is 4.95. The largest absolute Gasteiger partial charge is 0.440 e. The third-order valence-electron chi connectivity index (χ3n) is 1.83. The molecule has 2 heteroatoms. The van der Waals surface area contributed by atoms with Gasteiger partial charge in [0, 0.05) is 5.92 Å². The Labute approximate surface area is 85.4 Å². The Bertz CT molecular complexity index is 316. The molecule has 1 aromatic heterocycles. The highest BCUT2D eigenvalue weighted by Gasteiger charge is 2.10. The maximum atomic E-state index is 5.62. The predicted octanol–water partition coefficient (Wildman–Crippen LogP) is 3.86. The summed E-state index contributed by atoms with van der Waals surface area (Å²) in [5.41, 5.74) is 0.911. The summed E-state index contributed by atoms with van der Waals surface area (Å²) in [7, 11) is 0. The van der Waals surface area contributed by atoms with Crippen LogP contribution in [0, 0.1) is 0 Å². The first-order valence-electron chi connectivity index (χ1n) is 4.95. The normalized spacial score (nSPS) is 12.4. The second-order valence-electron chi connectivity index (χ2n) is 3.46. The molecule has 0 aliphatic carbocycles. The number of oxazole rings is 1. The molecule has 1 aromatic rings. The van der Waals surface area contributed by atoms with Gasteiger partial charge in [-0.2, -0.15) is 0 Å². The van der Waals surface area contributed by atoms with Gasteiger partial charge >= 0.3 is 0 Å². The van der Waals surface area contributed by atoms with Gasteiger partial charge in [-0.05, 0) is 26.0 Å². The van der Waals surface area contributed by atoms with Crippen LogP contribution in [-0.2, 0) is 0 Å². The Hall–Kier alpha value is -1.31. The van der Waals surface area contributed by atoms with Crippen LogP contribution in [-0.4, -0.2) is 4.98 Å². The second-order valence-corrected chi connectivity index (χ2v) is 3.46. The van der Waals surface area contributed by atoms with E-state index in [4.69, 9.17) is 4.42 Å². The average Bonchev–Trinajstić information content (AvgIpc) is 2.50. The minimum absolute atomic E-state index is 0.331. The van der Waals surface area contributed by atoms with Gasteiger partial charge in [0.15, 0.2) is 11.7 Å². The fraction of sp³-hybridized carbons (Fsp3) is 0.417. The maximum Gasteiger partial charge on any atom is 0.198 e. The minimum atomic E-state index is 0.331. The Morgan fingerprint density at radius 2 is 1.79 bits per heavy atom. The molecule has 2 nitrogen and oxygen atoms in total. The fourth-order valence-electron chi connectivity index (χ4n) is 1.16. The number of nitrogens with zero attached hydrogens (tertiary/aromatic N) is 1. The van der Waals surface area contributed by atoms with Crippen LogP contribution in [0.3, 0.4) is 0 Å². The van der Waals surface area contributed by atoms with Crippen molar-refractivity contribution < 1.29 is 4.42 Å². The molecular weight excluding hydrogens is 174 g/mol. The summed E-state index contributed by atoms with van der Waals surface area (Å²) in [5, 5.41) is 0. The van der Waals surface area contributed by atoms with E-state index in [-0.39, 0.29) is 0 Å². The number of hydrogen-bond donors (Lipinski definition) is 0. The van der Waals surface area contributed by atoms with Crippen LogP contribution in [0.5, 0.6) is 0 Å². The quantitative estimate of drug-likeness (QED) is 0.725. The van der Waals surface area contributed by atoms with Gasteiger partial charge in [0.1, 0.15) is 5.69 Å². The van der Waals surface area contributed by atoms with Crippen LogP contribution in [0.4, 0.5) is 0 Å². The van der Waals surface area contributed by atoms with Crippen LogP contribution < -0.4 is 0 Å². The first-order chi connectivity index (χ1) is 6.69. The molecule has 0 bridgehead atoms. The summed E-state index contributed by atoms with van der Waals surface area (Å²) < 4.78 is 5.62. The highest BCUT2D eigenvalue weighted by Crippen LogP contribution is 2.20. The average molecular weight is 191 g/mol. The number of aromatic nitrogens is 1. The Kier molecular flexibility index (Phi) is 3.69. The molecule has 0 spiro atoms. The van der Waals surface area contributed by atoms with E-state index in [1.54, 1.807) is 0 Å². The van der Waals surface area contributed by atoms with Crippen LogP contribution >= 0.6 is 0 Å². The third kappa shape index (κ3) is 2.34. The van der Waals surface area contributed by atoms with Crippen molar-refractivity contribution in [2.45, 2.75) is 33.6 Å². The van der Waals surface area contributed by atoms with Crippen LogP contribution in [0.15, 0.2) is 16.6 Å². The Balaban J connectivity index is 3.11. The monoisotopic (exact) mass is 191 g/mol. The van der Waals surface area contributed by atoms with Crippen molar-refractivity contribution in [3.63, 3.8) is 0 Å². The van der Waals surface area contributed by atoms with Gasteiger partial charge in [0.2, 0.25) is 0 Å². The van der Waals surface area contributed by atoms with Gasteiger partial charge in [-0.1, -0.05) is 26.0 Å². The Morgan fingerprint density at radius 1 is 1.14 bits per heavy atom. The standard InChI is InChI=1S/C12H17NO/c1-5-7-10-11(8-6-2)14-12(13-10)9(3)4/h5-9H,1-4H3/b7-5-,8-6-. The summed E-state index contributed by atoms with van der Waals surface area (Å²) in [5.74, 6) is 1.97. The number of rotatable bonds is 3.